The summed E-state index contributed by atoms with van der Waals surface area (Å²) in [4.78, 5) is 12.6. The Balaban J connectivity index is 1.49. The summed E-state index contributed by atoms with van der Waals surface area (Å²) in [6, 6.07) is 15.7. The Morgan fingerprint density at radius 3 is 2.44 bits per heavy atom. The van der Waals surface area contributed by atoms with Crippen molar-refractivity contribution < 1.29 is 31.8 Å². The minimum absolute atomic E-state index is 0.104. The zero-order valence-corrected chi connectivity index (χ0v) is 19.1. The first kappa shape index (κ1) is 23.5. The van der Waals surface area contributed by atoms with Gasteiger partial charge in [-0.05, 0) is 59.7 Å². The van der Waals surface area contributed by atoms with E-state index >= 15 is 0 Å². The normalized spacial score (nSPS) is 13.4. The van der Waals surface area contributed by atoms with E-state index in [-0.39, 0.29) is 30.6 Å². The lowest BCUT2D eigenvalue weighted by molar-refractivity contribution is -0.121. The standard InChI is InChI=1S/C24H23FN2O6S/c1-31-19-7-3-17(4-8-19)21(27-34(29,30)20-9-5-18(25)6-10-20)13-24(28)26-14-16-2-11-22-23(12-16)33-15-32-22/h2-12,21,27H,13-15H2,1H3,(H,26,28)/t21-/m0/s1. The largest absolute Gasteiger partial charge is 0.497 e. The highest BCUT2D eigenvalue weighted by atomic mass is 32.2. The molecule has 0 fully saturated rings. The topological polar surface area (TPSA) is 103 Å². The minimum Gasteiger partial charge on any atom is -0.497 e. The number of ether oxygens (including phenoxy) is 3. The maximum atomic E-state index is 13.2. The van der Waals surface area contributed by atoms with Crippen molar-refractivity contribution in [3.8, 4) is 17.2 Å². The Morgan fingerprint density at radius 2 is 1.74 bits per heavy atom. The Morgan fingerprint density at radius 1 is 1.03 bits per heavy atom. The van der Waals surface area contributed by atoms with Gasteiger partial charge in [0.05, 0.1) is 18.0 Å². The van der Waals surface area contributed by atoms with Gasteiger partial charge in [-0.2, -0.15) is 0 Å². The van der Waals surface area contributed by atoms with Gasteiger partial charge in [-0.3, -0.25) is 4.79 Å². The van der Waals surface area contributed by atoms with Crippen LogP contribution in [0.25, 0.3) is 0 Å². The fourth-order valence-corrected chi connectivity index (χ4v) is 4.67. The number of halogens is 1. The third-order valence-electron chi connectivity index (χ3n) is 5.26. The SMILES string of the molecule is COc1ccc([C@H](CC(=O)NCc2ccc3c(c2)OCO3)NS(=O)(=O)c2ccc(F)cc2)cc1. The smallest absolute Gasteiger partial charge is 0.241 e. The van der Waals surface area contributed by atoms with Gasteiger partial charge in [0, 0.05) is 13.0 Å². The highest BCUT2D eigenvalue weighted by Gasteiger charge is 2.24. The van der Waals surface area contributed by atoms with Crippen molar-refractivity contribution in [1.29, 1.82) is 0 Å². The molecule has 0 saturated carbocycles. The highest BCUT2D eigenvalue weighted by Crippen LogP contribution is 2.32. The number of benzene rings is 3. The van der Waals surface area contributed by atoms with E-state index in [4.69, 9.17) is 14.2 Å². The molecule has 1 heterocycles. The second kappa shape index (κ2) is 10.1. The second-order valence-electron chi connectivity index (χ2n) is 7.57. The Kier molecular flexibility index (Phi) is 6.99. The summed E-state index contributed by atoms with van der Waals surface area (Å²) in [7, 11) is -2.50. The molecule has 4 rings (SSSR count). The number of methoxy groups -OCH3 is 1. The van der Waals surface area contributed by atoms with Crippen LogP contribution in [0.2, 0.25) is 0 Å². The van der Waals surface area contributed by atoms with Gasteiger partial charge in [-0.25, -0.2) is 17.5 Å². The van der Waals surface area contributed by atoms with Crippen molar-refractivity contribution in [3.05, 3.63) is 83.7 Å². The van der Waals surface area contributed by atoms with Gasteiger partial charge >= 0.3 is 0 Å². The summed E-state index contributed by atoms with van der Waals surface area (Å²) >= 11 is 0. The lowest BCUT2D eigenvalue weighted by Crippen LogP contribution is -2.33. The van der Waals surface area contributed by atoms with Gasteiger partial charge in [-0.15, -0.1) is 0 Å². The van der Waals surface area contributed by atoms with Crippen molar-refractivity contribution in [2.45, 2.75) is 23.9 Å². The fourth-order valence-electron chi connectivity index (χ4n) is 3.44. The van der Waals surface area contributed by atoms with E-state index in [1.54, 1.807) is 36.4 Å². The average Bonchev–Trinajstić information content (AvgIpc) is 3.30. The van der Waals surface area contributed by atoms with Crippen LogP contribution in [-0.2, 0) is 21.4 Å². The quantitative estimate of drug-likeness (QED) is 0.481. The van der Waals surface area contributed by atoms with E-state index in [1.165, 1.54) is 19.2 Å². The molecule has 1 atom stereocenters. The van der Waals surface area contributed by atoms with Crippen LogP contribution in [0.1, 0.15) is 23.6 Å². The van der Waals surface area contributed by atoms with Crippen LogP contribution in [0.5, 0.6) is 17.2 Å². The van der Waals surface area contributed by atoms with Gasteiger partial charge in [-0.1, -0.05) is 18.2 Å². The number of nitrogens with one attached hydrogen (secondary N) is 2. The zero-order valence-electron chi connectivity index (χ0n) is 18.3. The summed E-state index contributed by atoms with van der Waals surface area (Å²) in [5.74, 6) is 0.935. The van der Waals surface area contributed by atoms with Crippen molar-refractivity contribution in [2.24, 2.45) is 0 Å². The van der Waals surface area contributed by atoms with Crippen molar-refractivity contribution in [2.75, 3.05) is 13.9 Å². The summed E-state index contributed by atoms with van der Waals surface area (Å²) in [5, 5.41) is 2.80. The molecule has 3 aromatic rings. The van der Waals surface area contributed by atoms with Crippen molar-refractivity contribution in [1.82, 2.24) is 10.0 Å². The molecule has 1 amide bonds. The molecule has 0 spiro atoms. The van der Waals surface area contributed by atoms with Crippen LogP contribution >= 0.6 is 0 Å². The van der Waals surface area contributed by atoms with Crippen LogP contribution in [0.3, 0.4) is 0 Å². The summed E-state index contributed by atoms with van der Waals surface area (Å²) in [5.41, 5.74) is 1.38. The molecule has 3 aromatic carbocycles. The van der Waals surface area contributed by atoms with E-state index in [0.29, 0.717) is 22.8 Å². The molecular formula is C24H23FN2O6S. The predicted octanol–water partition coefficient (Wildman–Crippen LogP) is 3.29. The Bertz CT molecular complexity index is 1260. The number of rotatable bonds is 9. The maximum absolute atomic E-state index is 13.2. The summed E-state index contributed by atoms with van der Waals surface area (Å²) in [6.45, 7) is 0.387. The lowest BCUT2D eigenvalue weighted by atomic mass is 10.0. The first-order valence-electron chi connectivity index (χ1n) is 10.4. The molecule has 34 heavy (non-hydrogen) atoms. The minimum atomic E-state index is -4.02. The van der Waals surface area contributed by atoms with Crippen LogP contribution in [-0.4, -0.2) is 28.2 Å². The van der Waals surface area contributed by atoms with E-state index in [0.717, 1.165) is 17.7 Å². The predicted molar refractivity (Wildman–Crippen MR) is 121 cm³/mol. The van der Waals surface area contributed by atoms with E-state index in [9.17, 15) is 17.6 Å². The molecule has 0 radical (unpaired) electrons. The number of fused-ring (bicyclic) bond motifs is 1. The molecular weight excluding hydrogens is 463 g/mol. The number of hydrogen-bond acceptors (Lipinski definition) is 6. The lowest BCUT2D eigenvalue weighted by Gasteiger charge is -2.19. The van der Waals surface area contributed by atoms with Gasteiger partial charge in [0.2, 0.25) is 22.7 Å². The molecule has 1 aliphatic heterocycles. The third kappa shape index (κ3) is 5.64. The Labute approximate surface area is 196 Å². The van der Waals surface area contributed by atoms with Crippen LogP contribution < -0.4 is 24.2 Å². The van der Waals surface area contributed by atoms with Crippen molar-refractivity contribution >= 4 is 15.9 Å². The van der Waals surface area contributed by atoms with Crippen LogP contribution in [0.15, 0.2) is 71.6 Å². The molecule has 0 unspecified atom stereocenters. The van der Waals surface area contributed by atoms with Gasteiger partial charge < -0.3 is 19.5 Å². The van der Waals surface area contributed by atoms with Gasteiger partial charge in [0.25, 0.3) is 0 Å². The molecule has 10 heteroatoms. The third-order valence-corrected chi connectivity index (χ3v) is 6.74. The molecule has 0 aliphatic carbocycles. The average molecular weight is 487 g/mol. The molecule has 0 aromatic heterocycles. The zero-order chi connectivity index (χ0) is 24.1. The second-order valence-corrected chi connectivity index (χ2v) is 9.28. The molecule has 178 valence electrons. The molecule has 1 aliphatic rings. The van der Waals surface area contributed by atoms with Crippen LogP contribution in [0, 0.1) is 5.82 Å². The number of carbonyl (C=O) groups excluding carboxylic acids is 1. The first-order valence-corrected chi connectivity index (χ1v) is 11.9. The summed E-state index contributed by atoms with van der Waals surface area (Å²) in [6.07, 6.45) is -0.155. The first-order chi connectivity index (χ1) is 16.3. The highest BCUT2D eigenvalue weighted by molar-refractivity contribution is 7.89. The van der Waals surface area contributed by atoms with Crippen molar-refractivity contribution in [3.63, 3.8) is 0 Å². The molecule has 8 nitrogen and oxygen atoms in total. The number of sulfonamides is 1. The maximum Gasteiger partial charge on any atom is 0.241 e. The van der Waals surface area contributed by atoms with Gasteiger partial charge in [0.15, 0.2) is 11.5 Å². The number of hydrogen-bond donors (Lipinski definition) is 2. The van der Waals surface area contributed by atoms with E-state index in [2.05, 4.69) is 10.0 Å². The van der Waals surface area contributed by atoms with Gasteiger partial charge in [0.1, 0.15) is 11.6 Å². The number of amides is 1. The fraction of sp³-hybridized carbons (Fsp3) is 0.208. The monoisotopic (exact) mass is 486 g/mol. The Hall–Kier alpha value is -3.63. The molecule has 0 saturated heterocycles. The summed E-state index contributed by atoms with van der Waals surface area (Å²) < 4.78 is 57.4. The molecule has 0 bridgehead atoms. The molecule has 2 N–H and O–H groups in total. The van der Waals surface area contributed by atoms with E-state index < -0.39 is 21.9 Å². The van der Waals surface area contributed by atoms with Crippen LogP contribution in [0.4, 0.5) is 4.39 Å². The number of carbonyl (C=O) groups is 1. The van der Waals surface area contributed by atoms with E-state index in [1.807, 2.05) is 6.07 Å².